The average Bonchev–Trinajstić information content (AvgIpc) is 3.17. The van der Waals surface area contributed by atoms with Gasteiger partial charge >= 0.3 is 11.9 Å². The van der Waals surface area contributed by atoms with Crippen LogP contribution in [0.25, 0.3) is 0 Å². The van der Waals surface area contributed by atoms with Crippen molar-refractivity contribution in [1.29, 1.82) is 5.26 Å². The van der Waals surface area contributed by atoms with Crippen LogP contribution in [0.1, 0.15) is 108 Å². The molecule has 2 N–H and O–H groups in total. The van der Waals surface area contributed by atoms with Crippen LogP contribution in [0, 0.1) is 29.1 Å². The van der Waals surface area contributed by atoms with E-state index >= 15 is 0 Å². The Kier molecular flexibility index (Phi) is 19.0. The fraction of sp³-hybridized carbons (Fsp3) is 0.909. The highest BCUT2D eigenvalue weighted by Gasteiger charge is 2.54. The van der Waals surface area contributed by atoms with E-state index in [0.29, 0.717) is 6.42 Å². The number of carbonyl (C=O) groups excluding carboxylic acids is 3. The number of hydrogen-bond donors (Lipinski definition) is 2. The maximum Gasteiger partial charge on any atom is 0.311 e. The molecule has 352 valence electrons. The van der Waals surface area contributed by atoms with Gasteiger partial charge in [-0.3, -0.25) is 14.4 Å². The van der Waals surface area contributed by atoms with E-state index in [1.165, 1.54) is 25.9 Å². The summed E-state index contributed by atoms with van der Waals surface area (Å²) in [5, 5.41) is 34.1. The molecule has 0 aliphatic carbocycles. The molecular formula is C44H77N3O14. The number of carbonyl (C=O) groups is 3. The second-order valence-corrected chi connectivity index (χ2v) is 18.5. The molecule has 17 heteroatoms. The predicted molar refractivity (Wildman–Crippen MR) is 223 cm³/mol. The summed E-state index contributed by atoms with van der Waals surface area (Å²) in [6.07, 6.45) is -8.07. The number of rotatable bonds is 12. The summed E-state index contributed by atoms with van der Waals surface area (Å²) in [4.78, 5) is 44.8. The first-order valence-electron chi connectivity index (χ1n) is 21.7. The number of nitriles is 1. The molecule has 0 bridgehead atoms. The van der Waals surface area contributed by atoms with Gasteiger partial charge in [-0.05, 0) is 81.8 Å². The average molecular weight is 872 g/mol. The van der Waals surface area contributed by atoms with Gasteiger partial charge in [-0.2, -0.15) is 5.26 Å². The fourth-order valence-corrected chi connectivity index (χ4v) is 9.79. The van der Waals surface area contributed by atoms with Crippen molar-refractivity contribution in [1.82, 2.24) is 9.80 Å². The number of methoxy groups -OCH3 is 2. The first-order valence-corrected chi connectivity index (χ1v) is 21.7. The van der Waals surface area contributed by atoms with Gasteiger partial charge in [0, 0.05) is 46.4 Å². The lowest BCUT2D eigenvalue weighted by molar-refractivity contribution is -0.321. The van der Waals surface area contributed by atoms with Crippen LogP contribution in [0.15, 0.2) is 0 Å². The quantitative estimate of drug-likeness (QED) is 0.212. The molecule has 0 saturated carbocycles. The van der Waals surface area contributed by atoms with E-state index in [0.717, 1.165) is 0 Å². The smallest absolute Gasteiger partial charge is 0.311 e. The van der Waals surface area contributed by atoms with E-state index in [4.69, 9.17) is 47.9 Å². The van der Waals surface area contributed by atoms with Crippen molar-refractivity contribution in [2.45, 2.75) is 199 Å². The number of ether oxygens (including phenoxy) is 9. The Morgan fingerprint density at radius 2 is 1.61 bits per heavy atom. The molecule has 0 spiro atoms. The van der Waals surface area contributed by atoms with E-state index in [1.54, 1.807) is 55.7 Å². The summed E-state index contributed by atoms with van der Waals surface area (Å²) in [7, 11) is 8.33. The van der Waals surface area contributed by atoms with Crippen molar-refractivity contribution in [3.05, 3.63) is 0 Å². The van der Waals surface area contributed by atoms with Gasteiger partial charge in [-0.15, -0.1) is 0 Å². The number of amides is 1. The summed E-state index contributed by atoms with van der Waals surface area (Å²) in [6.45, 7) is 18.8. The van der Waals surface area contributed by atoms with Crippen LogP contribution in [0.4, 0.5) is 0 Å². The van der Waals surface area contributed by atoms with Crippen LogP contribution >= 0.6 is 0 Å². The molecule has 0 radical (unpaired) electrons. The normalized spacial score (nSPS) is 43.5. The summed E-state index contributed by atoms with van der Waals surface area (Å²) in [5.74, 6) is -4.34. The molecule has 0 aromatic rings. The maximum absolute atomic E-state index is 14.6. The lowest BCUT2D eigenvalue weighted by atomic mass is 9.77. The van der Waals surface area contributed by atoms with Gasteiger partial charge in [0.1, 0.15) is 23.9 Å². The standard InChI is InChI=1S/C44H77N3O14/c1-17-32-44(11,52)37(53-15)28(6)47(14)39(49)24(2)22-42(9,51)36(61-41-35(58-30(8)48)31(46(12)13)21-25(3)56-41)26(4)34(27(5)40(50)59-32)60-33-23-43(10,54-16)38(29(7)57-33)55-20-18-19-45/h24-29,31-38,41,51-52H,17-18,20-23H2,1-16H3/t24-,25-,26+,27-,28-,29+,31+,32-,33+,34+,35-,36-,37-,38?,41+,42-,43-,44-/m1/s1. The fourth-order valence-electron chi connectivity index (χ4n) is 9.79. The number of esters is 2. The van der Waals surface area contributed by atoms with Gasteiger partial charge < -0.3 is 62.6 Å². The Balaban J connectivity index is 2.27. The third kappa shape index (κ3) is 12.4. The number of likely N-dealkylation sites (N-methyl/N-ethyl adjacent to an activating group) is 2. The van der Waals surface area contributed by atoms with Crippen molar-refractivity contribution < 1.29 is 67.2 Å². The van der Waals surface area contributed by atoms with E-state index < -0.39 is 108 Å². The lowest BCUT2D eigenvalue weighted by Crippen LogP contribution is -2.61. The molecule has 17 nitrogen and oxygen atoms in total. The van der Waals surface area contributed by atoms with Crippen molar-refractivity contribution in [3.63, 3.8) is 0 Å². The van der Waals surface area contributed by atoms with Gasteiger partial charge in [0.05, 0.1) is 72.7 Å². The molecule has 3 aliphatic heterocycles. The SMILES string of the molecule is CC[C@H]1OC(=O)[C@H](C)[C@@H](O[C@H]2C[C@@](C)(OC)C(OCCC#N)[C@H](C)O2)[C@H](C)[C@@H](O[C@@H]2O[C@H](C)C[C@H](N(C)C)[C@H]2OC(C)=O)[C@](C)(O)C[C@@H](C)C(=O)N(C)[C@H](C)[C@@H](OC)[C@]1(C)O. The van der Waals surface area contributed by atoms with Crippen LogP contribution in [-0.4, -0.2) is 170 Å². The summed E-state index contributed by atoms with van der Waals surface area (Å²) in [6, 6.07) is 1.06. The van der Waals surface area contributed by atoms with Crippen LogP contribution in [0.2, 0.25) is 0 Å². The molecule has 3 fully saturated rings. The van der Waals surface area contributed by atoms with Gasteiger partial charge in [0.15, 0.2) is 18.7 Å². The molecule has 18 atom stereocenters. The number of cyclic esters (lactones) is 1. The summed E-state index contributed by atoms with van der Waals surface area (Å²) >= 11 is 0. The Bertz CT molecular complexity index is 1490. The Morgan fingerprint density at radius 1 is 0.967 bits per heavy atom. The number of hydrogen-bond acceptors (Lipinski definition) is 16. The zero-order valence-corrected chi connectivity index (χ0v) is 39.5. The Hall–Kier alpha value is -2.50. The van der Waals surface area contributed by atoms with Crippen LogP contribution < -0.4 is 0 Å². The third-order valence-electron chi connectivity index (χ3n) is 13.2. The van der Waals surface area contributed by atoms with Gasteiger partial charge in [0.25, 0.3) is 0 Å². The van der Waals surface area contributed by atoms with Crippen LogP contribution in [0.3, 0.4) is 0 Å². The molecule has 1 amide bonds. The van der Waals surface area contributed by atoms with Crippen molar-refractivity contribution in [2.24, 2.45) is 17.8 Å². The van der Waals surface area contributed by atoms with Gasteiger partial charge in [-0.1, -0.05) is 20.8 Å². The molecule has 61 heavy (non-hydrogen) atoms. The molecule has 0 aromatic heterocycles. The monoisotopic (exact) mass is 872 g/mol. The number of nitrogens with zero attached hydrogens (tertiary/aromatic N) is 3. The van der Waals surface area contributed by atoms with Crippen molar-refractivity contribution in [2.75, 3.05) is 42.0 Å². The van der Waals surface area contributed by atoms with Crippen molar-refractivity contribution in [3.8, 4) is 6.07 Å². The topological polar surface area (TPSA) is 205 Å². The molecule has 3 heterocycles. The van der Waals surface area contributed by atoms with E-state index in [-0.39, 0.29) is 50.3 Å². The molecule has 3 rings (SSSR count). The molecule has 1 unspecified atom stereocenters. The summed E-state index contributed by atoms with van der Waals surface area (Å²) in [5.41, 5.74) is -4.53. The van der Waals surface area contributed by atoms with Gasteiger partial charge in [-0.25, -0.2) is 0 Å². The zero-order chi connectivity index (χ0) is 46.4. The molecule has 3 saturated heterocycles. The second kappa shape index (κ2) is 21.9. The van der Waals surface area contributed by atoms with Crippen LogP contribution in [0.5, 0.6) is 0 Å². The minimum atomic E-state index is -1.82. The predicted octanol–water partition coefficient (Wildman–Crippen LogP) is 3.59. The highest BCUT2D eigenvalue weighted by molar-refractivity contribution is 5.78. The zero-order valence-electron chi connectivity index (χ0n) is 39.5. The first-order chi connectivity index (χ1) is 28.3. The minimum absolute atomic E-state index is 0.118. The Labute approximate surface area is 363 Å². The van der Waals surface area contributed by atoms with Crippen molar-refractivity contribution >= 4 is 17.8 Å². The molecule has 0 aromatic carbocycles. The number of aliphatic hydroxyl groups is 2. The van der Waals surface area contributed by atoms with E-state index in [1.807, 2.05) is 39.8 Å². The lowest BCUT2D eigenvalue weighted by Gasteiger charge is -2.49. The largest absolute Gasteiger partial charge is 0.459 e. The third-order valence-corrected chi connectivity index (χ3v) is 13.2. The maximum atomic E-state index is 14.6. The van der Waals surface area contributed by atoms with Crippen LogP contribution in [-0.2, 0) is 57.0 Å². The first kappa shape index (κ1) is 52.8. The summed E-state index contributed by atoms with van der Waals surface area (Å²) < 4.78 is 56.6. The Morgan fingerprint density at radius 3 is 2.15 bits per heavy atom. The highest BCUT2D eigenvalue weighted by atomic mass is 16.7. The second-order valence-electron chi connectivity index (χ2n) is 18.5. The van der Waals surface area contributed by atoms with E-state index in [9.17, 15) is 24.6 Å². The van der Waals surface area contributed by atoms with E-state index in [2.05, 4.69) is 6.07 Å². The highest BCUT2D eigenvalue weighted by Crippen LogP contribution is 2.41. The van der Waals surface area contributed by atoms with Gasteiger partial charge in [0.2, 0.25) is 5.91 Å². The molecular weight excluding hydrogens is 794 g/mol. The minimum Gasteiger partial charge on any atom is -0.459 e. The molecule has 3 aliphatic rings.